The summed E-state index contributed by atoms with van der Waals surface area (Å²) in [7, 11) is 0. The Balaban J connectivity index is 2.08. The maximum atomic E-state index is 5.98. The molecule has 0 aliphatic rings. The minimum Gasteiger partial charge on any atom is -0.461 e. The number of nitrogens with two attached hydrogens (primary N) is 1. The molecular weight excluding hydrogens is 222 g/mol. The highest BCUT2D eigenvalue weighted by Gasteiger charge is 2.12. The third-order valence-electron chi connectivity index (χ3n) is 3.01. The standard InChI is InChI=1S/C16H21NO/c1-12-4-6-13(7-5-12)15-9-8-14(18-15)10-11-16(2,3)17/h4-9H,10-11,17H2,1-3H3. The van der Waals surface area contributed by atoms with E-state index in [4.69, 9.17) is 10.2 Å². The van der Waals surface area contributed by atoms with Gasteiger partial charge in [0.2, 0.25) is 0 Å². The summed E-state index contributed by atoms with van der Waals surface area (Å²) in [5, 5.41) is 0. The van der Waals surface area contributed by atoms with Gasteiger partial charge >= 0.3 is 0 Å². The van der Waals surface area contributed by atoms with Crippen LogP contribution in [0.4, 0.5) is 0 Å². The van der Waals surface area contributed by atoms with E-state index in [1.807, 2.05) is 26.0 Å². The number of aryl methyl sites for hydroxylation is 2. The third-order valence-corrected chi connectivity index (χ3v) is 3.01. The largest absolute Gasteiger partial charge is 0.461 e. The summed E-state index contributed by atoms with van der Waals surface area (Å²) in [4.78, 5) is 0. The van der Waals surface area contributed by atoms with Crippen molar-refractivity contribution in [1.29, 1.82) is 0 Å². The van der Waals surface area contributed by atoms with Crippen LogP contribution in [-0.2, 0) is 6.42 Å². The lowest BCUT2D eigenvalue weighted by Crippen LogP contribution is -2.32. The summed E-state index contributed by atoms with van der Waals surface area (Å²) in [5.41, 5.74) is 8.22. The molecule has 0 atom stereocenters. The second-order valence-corrected chi connectivity index (χ2v) is 5.62. The van der Waals surface area contributed by atoms with Gasteiger partial charge in [-0.25, -0.2) is 0 Å². The first kappa shape index (κ1) is 12.9. The quantitative estimate of drug-likeness (QED) is 0.883. The molecule has 0 unspecified atom stereocenters. The average Bonchev–Trinajstić information content (AvgIpc) is 2.75. The van der Waals surface area contributed by atoms with Crippen LogP contribution in [0.25, 0.3) is 11.3 Å². The van der Waals surface area contributed by atoms with Gasteiger partial charge in [0.05, 0.1) is 0 Å². The van der Waals surface area contributed by atoms with Gasteiger partial charge in [-0.05, 0) is 39.3 Å². The van der Waals surface area contributed by atoms with Crippen LogP contribution in [0.3, 0.4) is 0 Å². The lowest BCUT2D eigenvalue weighted by atomic mass is 9.99. The van der Waals surface area contributed by atoms with Gasteiger partial charge in [0.1, 0.15) is 11.5 Å². The molecule has 2 N–H and O–H groups in total. The van der Waals surface area contributed by atoms with E-state index in [0.29, 0.717) is 0 Å². The average molecular weight is 243 g/mol. The minimum atomic E-state index is -0.142. The zero-order chi connectivity index (χ0) is 13.2. The number of benzene rings is 1. The van der Waals surface area contributed by atoms with Crippen LogP contribution in [-0.4, -0.2) is 5.54 Å². The lowest BCUT2D eigenvalue weighted by molar-refractivity contribution is 0.437. The van der Waals surface area contributed by atoms with E-state index in [1.54, 1.807) is 0 Å². The fourth-order valence-corrected chi connectivity index (χ4v) is 1.83. The molecule has 2 heteroatoms. The minimum absolute atomic E-state index is 0.142. The normalized spacial score (nSPS) is 11.8. The van der Waals surface area contributed by atoms with Crippen LogP contribution in [0, 0.1) is 6.92 Å². The highest BCUT2D eigenvalue weighted by Crippen LogP contribution is 2.23. The molecule has 0 radical (unpaired) electrons. The Kier molecular flexibility index (Phi) is 3.58. The number of hydrogen-bond donors (Lipinski definition) is 1. The molecule has 18 heavy (non-hydrogen) atoms. The molecule has 0 fully saturated rings. The van der Waals surface area contributed by atoms with Crippen molar-refractivity contribution in [1.82, 2.24) is 0 Å². The summed E-state index contributed by atoms with van der Waals surface area (Å²) >= 11 is 0. The summed E-state index contributed by atoms with van der Waals surface area (Å²) in [6.45, 7) is 6.16. The molecule has 2 aromatic rings. The second-order valence-electron chi connectivity index (χ2n) is 5.62. The molecular formula is C16H21NO. The van der Waals surface area contributed by atoms with Crippen LogP contribution >= 0.6 is 0 Å². The van der Waals surface area contributed by atoms with E-state index in [-0.39, 0.29) is 5.54 Å². The molecule has 0 amide bonds. The summed E-state index contributed by atoms with van der Waals surface area (Å²) in [6, 6.07) is 12.4. The zero-order valence-corrected chi connectivity index (χ0v) is 11.4. The zero-order valence-electron chi connectivity index (χ0n) is 11.4. The van der Waals surface area contributed by atoms with Gasteiger partial charge in [-0.2, -0.15) is 0 Å². The van der Waals surface area contributed by atoms with Crippen molar-refractivity contribution >= 4 is 0 Å². The van der Waals surface area contributed by atoms with E-state index in [1.165, 1.54) is 5.56 Å². The Bertz CT molecular complexity index is 503. The van der Waals surface area contributed by atoms with Crippen molar-refractivity contribution in [3.05, 3.63) is 47.7 Å². The van der Waals surface area contributed by atoms with Crippen molar-refractivity contribution < 1.29 is 4.42 Å². The number of hydrogen-bond acceptors (Lipinski definition) is 2. The van der Waals surface area contributed by atoms with Gasteiger partial charge in [0.15, 0.2) is 0 Å². The van der Waals surface area contributed by atoms with Gasteiger partial charge in [-0.15, -0.1) is 0 Å². The first-order valence-corrected chi connectivity index (χ1v) is 6.39. The molecule has 0 bridgehead atoms. The van der Waals surface area contributed by atoms with Crippen molar-refractivity contribution in [2.24, 2.45) is 5.73 Å². The molecule has 1 aromatic heterocycles. The Labute approximate surface area is 109 Å². The summed E-state index contributed by atoms with van der Waals surface area (Å²) < 4.78 is 5.85. The third kappa shape index (κ3) is 3.47. The highest BCUT2D eigenvalue weighted by atomic mass is 16.3. The fraction of sp³-hybridized carbons (Fsp3) is 0.375. The van der Waals surface area contributed by atoms with Crippen LogP contribution < -0.4 is 5.73 Å². The van der Waals surface area contributed by atoms with Crippen molar-refractivity contribution in [2.45, 2.75) is 39.2 Å². The maximum absolute atomic E-state index is 5.98. The number of furan rings is 1. The smallest absolute Gasteiger partial charge is 0.134 e. The molecule has 0 aliphatic heterocycles. The monoisotopic (exact) mass is 243 g/mol. The molecule has 0 saturated carbocycles. The molecule has 96 valence electrons. The van der Waals surface area contributed by atoms with E-state index in [2.05, 4.69) is 31.2 Å². The highest BCUT2D eigenvalue weighted by molar-refractivity contribution is 5.57. The van der Waals surface area contributed by atoms with Gasteiger partial charge in [0, 0.05) is 17.5 Å². The Morgan fingerprint density at radius 2 is 1.72 bits per heavy atom. The topological polar surface area (TPSA) is 39.2 Å². The molecule has 1 heterocycles. The summed E-state index contributed by atoms with van der Waals surface area (Å²) in [5.74, 6) is 1.93. The van der Waals surface area contributed by atoms with Crippen LogP contribution in [0.2, 0.25) is 0 Å². The first-order valence-electron chi connectivity index (χ1n) is 6.39. The van der Waals surface area contributed by atoms with E-state index in [9.17, 15) is 0 Å². The Morgan fingerprint density at radius 3 is 2.33 bits per heavy atom. The SMILES string of the molecule is Cc1ccc(-c2ccc(CCC(C)(C)N)o2)cc1. The van der Waals surface area contributed by atoms with Crippen LogP contribution in [0.5, 0.6) is 0 Å². The van der Waals surface area contributed by atoms with Gasteiger partial charge in [-0.1, -0.05) is 29.8 Å². The lowest BCUT2D eigenvalue weighted by Gasteiger charge is -2.16. The maximum Gasteiger partial charge on any atom is 0.134 e. The Hall–Kier alpha value is -1.54. The molecule has 2 rings (SSSR count). The van der Waals surface area contributed by atoms with E-state index >= 15 is 0 Å². The molecule has 0 saturated heterocycles. The summed E-state index contributed by atoms with van der Waals surface area (Å²) in [6.07, 6.45) is 1.81. The Morgan fingerprint density at radius 1 is 1.06 bits per heavy atom. The predicted molar refractivity (Wildman–Crippen MR) is 75.5 cm³/mol. The van der Waals surface area contributed by atoms with Crippen LogP contribution in [0.15, 0.2) is 40.8 Å². The van der Waals surface area contributed by atoms with Crippen molar-refractivity contribution in [3.63, 3.8) is 0 Å². The van der Waals surface area contributed by atoms with Gasteiger partial charge in [0.25, 0.3) is 0 Å². The van der Waals surface area contributed by atoms with Crippen molar-refractivity contribution in [3.8, 4) is 11.3 Å². The fourth-order valence-electron chi connectivity index (χ4n) is 1.83. The molecule has 2 nitrogen and oxygen atoms in total. The van der Waals surface area contributed by atoms with E-state index in [0.717, 1.165) is 29.9 Å². The van der Waals surface area contributed by atoms with Crippen molar-refractivity contribution in [2.75, 3.05) is 0 Å². The predicted octanol–water partition coefficient (Wildman–Crippen LogP) is 3.92. The first-order chi connectivity index (χ1) is 8.44. The number of rotatable bonds is 4. The van der Waals surface area contributed by atoms with Gasteiger partial charge in [-0.3, -0.25) is 0 Å². The van der Waals surface area contributed by atoms with Crippen LogP contribution in [0.1, 0.15) is 31.6 Å². The molecule has 1 aromatic carbocycles. The van der Waals surface area contributed by atoms with Gasteiger partial charge < -0.3 is 10.2 Å². The van der Waals surface area contributed by atoms with E-state index < -0.39 is 0 Å². The second kappa shape index (κ2) is 4.99. The molecule has 0 spiro atoms. The molecule has 0 aliphatic carbocycles.